The number of hydrogen-bond acceptors (Lipinski definition) is 4. The molecule has 0 heterocycles. The number of carbonyl (C=O) groups excluding carboxylic acids is 2. The summed E-state index contributed by atoms with van der Waals surface area (Å²) in [6.45, 7) is 2.09. The van der Waals surface area contributed by atoms with E-state index in [9.17, 15) is 9.59 Å². The normalized spacial score (nSPS) is 18.8. The van der Waals surface area contributed by atoms with Crippen molar-refractivity contribution in [1.82, 2.24) is 10.7 Å². The van der Waals surface area contributed by atoms with Crippen molar-refractivity contribution in [3.8, 4) is 0 Å². The lowest BCUT2D eigenvalue weighted by Gasteiger charge is -2.29. The van der Waals surface area contributed by atoms with Gasteiger partial charge in [-0.2, -0.15) is 5.10 Å². The van der Waals surface area contributed by atoms with Crippen molar-refractivity contribution in [3.05, 3.63) is 58.1 Å². The molecular weight excluding hydrogens is 423 g/mol. The first kappa shape index (κ1) is 22.1. The second kappa shape index (κ2) is 10.5. The zero-order chi connectivity index (χ0) is 21.5. The average molecular weight is 447 g/mol. The minimum Gasteiger partial charge on any atom is -0.355 e. The standard InChI is InChI=1S/C22H24Cl2N4O2/c1-14-5-2-3-8-19(14)27-21(29)22(30)28-25-13-15-11-17(24)9-10-20(15)26-18-7-4-6-16(23)12-18/h4,6-7,9-14,19,26H,2-3,5,8H2,1H3,(H,27,29)(H,28,30)/b25-13-/t14-,19+/m0/s1. The summed E-state index contributed by atoms with van der Waals surface area (Å²) < 4.78 is 0. The second-order valence-electron chi connectivity index (χ2n) is 7.41. The molecule has 0 bridgehead atoms. The van der Waals surface area contributed by atoms with E-state index in [2.05, 4.69) is 28.1 Å². The first-order valence-electron chi connectivity index (χ1n) is 9.88. The molecule has 3 N–H and O–H groups in total. The van der Waals surface area contributed by atoms with Gasteiger partial charge in [-0.25, -0.2) is 5.43 Å². The number of carbonyl (C=O) groups is 2. The Hall–Kier alpha value is -2.57. The number of amides is 2. The Morgan fingerprint density at radius 3 is 2.57 bits per heavy atom. The SMILES string of the molecule is C[C@H]1CCCC[C@H]1NC(=O)C(=O)N/N=C\c1cc(Cl)ccc1Nc1cccc(Cl)c1. The molecule has 0 unspecified atom stereocenters. The summed E-state index contributed by atoms with van der Waals surface area (Å²) in [6, 6.07) is 12.5. The third kappa shape index (κ3) is 6.21. The van der Waals surface area contributed by atoms with E-state index in [1.54, 1.807) is 30.3 Å². The first-order chi connectivity index (χ1) is 14.4. The lowest BCUT2D eigenvalue weighted by Crippen LogP contribution is -2.46. The zero-order valence-corrected chi connectivity index (χ0v) is 18.1. The maximum absolute atomic E-state index is 12.2. The van der Waals surface area contributed by atoms with Crippen molar-refractivity contribution in [2.24, 2.45) is 11.0 Å². The summed E-state index contributed by atoms with van der Waals surface area (Å²) in [5.41, 5.74) is 4.44. The fourth-order valence-electron chi connectivity index (χ4n) is 3.45. The molecule has 0 aromatic heterocycles. The van der Waals surface area contributed by atoms with E-state index in [4.69, 9.17) is 23.2 Å². The van der Waals surface area contributed by atoms with Crippen LogP contribution in [0.4, 0.5) is 11.4 Å². The molecule has 0 saturated heterocycles. The van der Waals surface area contributed by atoms with Gasteiger partial charge in [0.1, 0.15) is 0 Å². The van der Waals surface area contributed by atoms with Crippen LogP contribution >= 0.6 is 23.2 Å². The molecule has 3 rings (SSSR count). The fourth-order valence-corrected chi connectivity index (χ4v) is 3.82. The molecule has 30 heavy (non-hydrogen) atoms. The number of anilines is 2. The van der Waals surface area contributed by atoms with Gasteiger partial charge in [-0.3, -0.25) is 9.59 Å². The predicted octanol–water partition coefficient (Wildman–Crippen LogP) is 4.88. The Morgan fingerprint density at radius 2 is 1.80 bits per heavy atom. The van der Waals surface area contributed by atoms with Gasteiger partial charge in [-0.15, -0.1) is 0 Å². The lowest BCUT2D eigenvalue weighted by molar-refractivity contribution is -0.139. The van der Waals surface area contributed by atoms with E-state index in [1.165, 1.54) is 6.21 Å². The summed E-state index contributed by atoms with van der Waals surface area (Å²) in [5, 5.41) is 11.1. The van der Waals surface area contributed by atoms with Crippen LogP contribution < -0.4 is 16.1 Å². The van der Waals surface area contributed by atoms with E-state index < -0.39 is 11.8 Å². The molecule has 2 amide bonds. The number of benzene rings is 2. The summed E-state index contributed by atoms with van der Waals surface area (Å²) in [4.78, 5) is 24.3. The molecule has 0 aliphatic heterocycles. The summed E-state index contributed by atoms with van der Waals surface area (Å²) >= 11 is 12.1. The third-order valence-corrected chi connectivity index (χ3v) is 5.59. The van der Waals surface area contributed by atoms with Crippen molar-refractivity contribution < 1.29 is 9.59 Å². The number of nitrogens with zero attached hydrogens (tertiary/aromatic N) is 1. The molecule has 1 saturated carbocycles. The van der Waals surface area contributed by atoms with Crippen LogP contribution in [0.25, 0.3) is 0 Å². The van der Waals surface area contributed by atoms with E-state index in [0.717, 1.165) is 37.1 Å². The Kier molecular flexibility index (Phi) is 7.71. The van der Waals surface area contributed by atoms with Gasteiger partial charge in [0.05, 0.1) is 6.21 Å². The molecule has 8 heteroatoms. The molecule has 0 radical (unpaired) electrons. The number of hydrogen-bond donors (Lipinski definition) is 3. The van der Waals surface area contributed by atoms with Gasteiger partial charge in [0, 0.05) is 33.0 Å². The molecule has 1 aliphatic rings. The molecule has 6 nitrogen and oxygen atoms in total. The Balaban J connectivity index is 1.63. The smallest absolute Gasteiger partial charge is 0.329 e. The predicted molar refractivity (Wildman–Crippen MR) is 121 cm³/mol. The van der Waals surface area contributed by atoms with E-state index in [1.807, 2.05) is 12.1 Å². The highest BCUT2D eigenvalue weighted by Crippen LogP contribution is 2.25. The quantitative estimate of drug-likeness (QED) is 0.347. The summed E-state index contributed by atoms with van der Waals surface area (Å²) in [5.74, 6) is -1.10. The zero-order valence-electron chi connectivity index (χ0n) is 16.6. The van der Waals surface area contributed by atoms with Crippen LogP contribution in [0.2, 0.25) is 10.0 Å². The Labute approximate surface area is 186 Å². The van der Waals surface area contributed by atoms with Crippen LogP contribution in [-0.2, 0) is 9.59 Å². The van der Waals surface area contributed by atoms with Gasteiger partial charge >= 0.3 is 11.8 Å². The van der Waals surface area contributed by atoms with Gasteiger partial charge in [-0.1, -0.05) is 49.0 Å². The van der Waals surface area contributed by atoms with Crippen molar-refractivity contribution in [3.63, 3.8) is 0 Å². The highest BCUT2D eigenvalue weighted by Gasteiger charge is 2.25. The van der Waals surface area contributed by atoms with Crippen LogP contribution in [0.5, 0.6) is 0 Å². The maximum Gasteiger partial charge on any atom is 0.329 e. The van der Waals surface area contributed by atoms with Gasteiger partial charge < -0.3 is 10.6 Å². The Morgan fingerprint density at radius 1 is 1.03 bits per heavy atom. The van der Waals surface area contributed by atoms with E-state index in [-0.39, 0.29) is 6.04 Å². The van der Waals surface area contributed by atoms with Crippen molar-refractivity contribution in [2.45, 2.75) is 38.6 Å². The highest BCUT2D eigenvalue weighted by molar-refractivity contribution is 6.35. The minimum absolute atomic E-state index is 0.0300. The second-order valence-corrected chi connectivity index (χ2v) is 8.28. The Bertz CT molecular complexity index is 948. The average Bonchev–Trinajstić information content (AvgIpc) is 2.71. The third-order valence-electron chi connectivity index (χ3n) is 5.12. The minimum atomic E-state index is -0.796. The topological polar surface area (TPSA) is 82.6 Å². The van der Waals surface area contributed by atoms with Crippen molar-refractivity contribution in [2.75, 3.05) is 5.32 Å². The molecular formula is C22H24Cl2N4O2. The van der Waals surface area contributed by atoms with Crippen LogP contribution in [0.3, 0.4) is 0 Å². The highest BCUT2D eigenvalue weighted by atomic mass is 35.5. The lowest BCUT2D eigenvalue weighted by atomic mass is 9.86. The fraction of sp³-hybridized carbons (Fsp3) is 0.318. The first-order valence-corrected chi connectivity index (χ1v) is 10.6. The molecule has 2 aromatic rings. The maximum atomic E-state index is 12.2. The van der Waals surface area contributed by atoms with Gasteiger partial charge in [0.25, 0.3) is 0 Å². The number of hydrazone groups is 1. The molecule has 158 valence electrons. The molecule has 2 aromatic carbocycles. The van der Waals surface area contributed by atoms with Crippen molar-refractivity contribution in [1.29, 1.82) is 0 Å². The van der Waals surface area contributed by atoms with Crippen LogP contribution in [0.1, 0.15) is 38.2 Å². The van der Waals surface area contributed by atoms with Crippen LogP contribution in [0, 0.1) is 5.92 Å². The largest absolute Gasteiger partial charge is 0.355 e. The van der Waals surface area contributed by atoms with Crippen LogP contribution in [0.15, 0.2) is 47.6 Å². The summed E-state index contributed by atoms with van der Waals surface area (Å²) in [7, 11) is 0. The molecule has 0 spiro atoms. The number of halogens is 2. The molecule has 1 fully saturated rings. The monoisotopic (exact) mass is 446 g/mol. The molecule has 2 atom stereocenters. The van der Waals surface area contributed by atoms with Crippen molar-refractivity contribution >= 4 is 52.6 Å². The number of nitrogens with one attached hydrogen (secondary N) is 3. The number of rotatable bonds is 5. The summed E-state index contributed by atoms with van der Waals surface area (Å²) in [6.07, 6.45) is 5.61. The van der Waals surface area contributed by atoms with E-state index >= 15 is 0 Å². The van der Waals surface area contributed by atoms with Crippen LogP contribution in [-0.4, -0.2) is 24.1 Å². The van der Waals surface area contributed by atoms with E-state index in [0.29, 0.717) is 21.5 Å². The van der Waals surface area contributed by atoms with Gasteiger partial charge in [0.2, 0.25) is 0 Å². The van der Waals surface area contributed by atoms with Gasteiger partial charge in [0.15, 0.2) is 0 Å². The van der Waals surface area contributed by atoms with Gasteiger partial charge in [-0.05, 0) is 55.2 Å². The molecule has 1 aliphatic carbocycles.